The van der Waals surface area contributed by atoms with Gasteiger partial charge in [-0.25, -0.2) is 9.18 Å². The lowest BCUT2D eigenvalue weighted by Gasteiger charge is -2.11. The van der Waals surface area contributed by atoms with Crippen LogP contribution in [-0.2, 0) is 4.74 Å². The molecule has 0 aliphatic carbocycles. The minimum Gasteiger partial charge on any atom is -0.465 e. The van der Waals surface area contributed by atoms with Gasteiger partial charge in [0.2, 0.25) is 0 Å². The molecule has 0 unspecified atom stereocenters. The second kappa shape index (κ2) is 5.79. The molecule has 104 valence electrons. The Morgan fingerprint density at radius 3 is 2.60 bits per heavy atom. The first kappa shape index (κ1) is 14.1. The van der Waals surface area contributed by atoms with E-state index in [1.165, 1.54) is 37.4 Å². The molecule has 2 aromatic rings. The van der Waals surface area contributed by atoms with E-state index in [0.29, 0.717) is 5.69 Å². The van der Waals surface area contributed by atoms with Gasteiger partial charge in [0.25, 0.3) is 0 Å². The lowest BCUT2D eigenvalue weighted by molar-refractivity contribution is 0.0600. The van der Waals surface area contributed by atoms with Crippen molar-refractivity contribution >= 4 is 23.3 Å². The van der Waals surface area contributed by atoms with Crippen LogP contribution in [0.25, 0.3) is 0 Å². The summed E-state index contributed by atoms with van der Waals surface area (Å²) < 4.78 is 23.1. The summed E-state index contributed by atoms with van der Waals surface area (Å²) >= 11 is 5.86. The largest absolute Gasteiger partial charge is 0.465 e. The highest BCUT2D eigenvalue weighted by atomic mass is 35.5. The Labute approximate surface area is 119 Å². The van der Waals surface area contributed by atoms with E-state index < -0.39 is 11.8 Å². The molecule has 4 nitrogen and oxygen atoms in total. The molecule has 0 amide bonds. The number of hydrogen-bond acceptors (Lipinski definition) is 4. The van der Waals surface area contributed by atoms with Gasteiger partial charge in [-0.1, -0.05) is 11.6 Å². The normalized spacial score (nSPS) is 10.2. The van der Waals surface area contributed by atoms with Gasteiger partial charge in [-0.05, 0) is 36.4 Å². The standard InChI is InChI=1S/C14H11ClFNO3/c1-19-14(18)8-2-4-11(17)13(6-8)20-12-5-3-9(16)7-10(12)15/h2-7H,17H2,1H3. The molecular formula is C14H11ClFNO3. The average Bonchev–Trinajstić information content (AvgIpc) is 2.43. The lowest BCUT2D eigenvalue weighted by Crippen LogP contribution is -2.02. The number of hydrogen-bond donors (Lipinski definition) is 1. The van der Waals surface area contributed by atoms with Crippen molar-refractivity contribution in [2.45, 2.75) is 0 Å². The topological polar surface area (TPSA) is 61.5 Å². The van der Waals surface area contributed by atoms with Crippen LogP contribution < -0.4 is 10.5 Å². The number of halogens is 2. The number of carbonyl (C=O) groups is 1. The molecule has 0 radical (unpaired) electrons. The molecule has 0 aliphatic heterocycles. The second-order valence-electron chi connectivity index (χ2n) is 3.92. The van der Waals surface area contributed by atoms with Crippen molar-refractivity contribution in [3.05, 3.63) is 52.8 Å². The van der Waals surface area contributed by atoms with Crippen LogP contribution in [0, 0.1) is 5.82 Å². The molecule has 0 spiro atoms. The van der Waals surface area contributed by atoms with E-state index in [0.717, 1.165) is 6.07 Å². The molecule has 0 fully saturated rings. The monoisotopic (exact) mass is 295 g/mol. The number of anilines is 1. The van der Waals surface area contributed by atoms with Gasteiger partial charge in [0.15, 0.2) is 5.75 Å². The van der Waals surface area contributed by atoms with Crippen LogP contribution >= 0.6 is 11.6 Å². The van der Waals surface area contributed by atoms with E-state index in [-0.39, 0.29) is 22.1 Å². The Bertz CT molecular complexity index is 661. The molecule has 2 aromatic carbocycles. The summed E-state index contributed by atoms with van der Waals surface area (Å²) in [7, 11) is 1.27. The summed E-state index contributed by atoms with van der Waals surface area (Å²) in [5, 5.41) is 0.105. The third-order valence-electron chi connectivity index (χ3n) is 2.55. The predicted molar refractivity (Wildman–Crippen MR) is 73.7 cm³/mol. The Morgan fingerprint density at radius 2 is 1.95 bits per heavy atom. The van der Waals surface area contributed by atoms with Crippen molar-refractivity contribution in [2.24, 2.45) is 0 Å². The van der Waals surface area contributed by atoms with Crippen molar-refractivity contribution in [3.8, 4) is 11.5 Å². The SMILES string of the molecule is COC(=O)c1ccc(N)c(Oc2ccc(F)cc2Cl)c1. The Morgan fingerprint density at radius 1 is 1.20 bits per heavy atom. The second-order valence-corrected chi connectivity index (χ2v) is 4.33. The number of methoxy groups -OCH3 is 1. The molecule has 2 rings (SSSR count). The van der Waals surface area contributed by atoms with Gasteiger partial charge in [-0.2, -0.15) is 0 Å². The third-order valence-corrected chi connectivity index (χ3v) is 2.84. The van der Waals surface area contributed by atoms with Crippen LogP contribution in [0.3, 0.4) is 0 Å². The van der Waals surface area contributed by atoms with Crippen LogP contribution in [0.5, 0.6) is 11.5 Å². The molecule has 0 bridgehead atoms. The molecular weight excluding hydrogens is 285 g/mol. The number of esters is 1. The van der Waals surface area contributed by atoms with Gasteiger partial charge in [0.05, 0.1) is 23.4 Å². The van der Waals surface area contributed by atoms with Gasteiger partial charge < -0.3 is 15.2 Å². The number of nitrogen functional groups attached to an aromatic ring is 1. The minimum atomic E-state index is -0.514. The Hall–Kier alpha value is -2.27. The van der Waals surface area contributed by atoms with E-state index in [2.05, 4.69) is 4.74 Å². The third kappa shape index (κ3) is 3.00. The van der Waals surface area contributed by atoms with Gasteiger partial charge in [-0.15, -0.1) is 0 Å². The summed E-state index contributed by atoms with van der Waals surface area (Å²) in [6.07, 6.45) is 0. The summed E-state index contributed by atoms with van der Waals surface area (Å²) in [5.74, 6) is -0.512. The number of rotatable bonds is 3. The highest BCUT2D eigenvalue weighted by Crippen LogP contribution is 2.33. The van der Waals surface area contributed by atoms with Gasteiger partial charge in [0, 0.05) is 0 Å². The molecule has 20 heavy (non-hydrogen) atoms. The molecule has 0 saturated carbocycles. The van der Waals surface area contributed by atoms with Crippen LogP contribution in [0.15, 0.2) is 36.4 Å². The minimum absolute atomic E-state index is 0.105. The van der Waals surface area contributed by atoms with Crippen molar-refractivity contribution in [3.63, 3.8) is 0 Å². The van der Waals surface area contributed by atoms with Gasteiger partial charge in [-0.3, -0.25) is 0 Å². The summed E-state index contributed by atoms with van der Waals surface area (Å²) in [5.41, 5.74) is 6.37. The number of nitrogens with two attached hydrogens (primary N) is 1. The summed E-state index contributed by atoms with van der Waals surface area (Å²) in [6, 6.07) is 8.17. The van der Waals surface area contributed by atoms with Gasteiger partial charge >= 0.3 is 5.97 Å². The maximum absolute atomic E-state index is 13.0. The highest BCUT2D eigenvalue weighted by molar-refractivity contribution is 6.32. The maximum Gasteiger partial charge on any atom is 0.337 e. The fourth-order valence-electron chi connectivity index (χ4n) is 1.54. The van der Waals surface area contributed by atoms with E-state index in [1.807, 2.05) is 0 Å². The Balaban J connectivity index is 2.35. The molecule has 6 heteroatoms. The first-order chi connectivity index (χ1) is 9.51. The predicted octanol–water partition coefficient (Wildman–Crippen LogP) is 3.64. The zero-order chi connectivity index (χ0) is 14.7. The fourth-order valence-corrected chi connectivity index (χ4v) is 1.75. The molecule has 0 saturated heterocycles. The lowest BCUT2D eigenvalue weighted by atomic mass is 10.2. The molecule has 2 N–H and O–H groups in total. The summed E-state index contributed by atoms with van der Waals surface area (Å²) in [6.45, 7) is 0. The van der Waals surface area contributed by atoms with Crippen molar-refractivity contribution in [1.82, 2.24) is 0 Å². The first-order valence-electron chi connectivity index (χ1n) is 5.62. The van der Waals surface area contributed by atoms with Crippen LogP contribution in [-0.4, -0.2) is 13.1 Å². The van der Waals surface area contributed by atoms with E-state index in [9.17, 15) is 9.18 Å². The Kier molecular flexibility index (Phi) is 4.10. The number of ether oxygens (including phenoxy) is 2. The molecule has 0 atom stereocenters. The highest BCUT2D eigenvalue weighted by Gasteiger charge is 2.11. The number of carbonyl (C=O) groups excluding carboxylic acids is 1. The van der Waals surface area contributed by atoms with Crippen LogP contribution in [0.1, 0.15) is 10.4 Å². The van der Waals surface area contributed by atoms with Crippen LogP contribution in [0.4, 0.5) is 10.1 Å². The quantitative estimate of drug-likeness (QED) is 0.693. The van der Waals surface area contributed by atoms with Crippen LogP contribution in [0.2, 0.25) is 5.02 Å². The number of benzene rings is 2. The first-order valence-corrected chi connectivity index (χ1v) is 6.00. The van der Waals surface area contributed by atoms with Gasteiger partial charge in [0.1, 0.15) is 11.6 Å². The summed E-state index contributed by atoms with van der Waals surface area (Å²) in [4.78, 5) is 11.4. The van der Waals surface area contributed by atoms with E-state index in [4.69, 9.17) is 22.1 Å². The van der Waals surface area contributed by atoms with Crippen molar-refractivity contribution in [2.75, 3.05) is 12.8 Å². The molecule has 0 aliphatic rings. The zero-order valence-corrected chi connectivity index (χ0v) is 11.3. The van der Waals surface area contributed by atoms with E-state index in [1.54, 1.807) is 0 Å². The average molecular weight is 296 g/mol. The van der Waals surface area contributed by atoms with Crippen molar-refractivity contribution in [1.29, 1.82) is 0 Å². The maximum atomic E-state index is 13.0. The van der Waals surface area contributed by atoms with Crippen molar-refractivity contribution < 1.29 is 18.7 Å². The smallest absolute Gasteiger partial charge is 0.337 e. The zero-order valence-electron chi connectivity index (χ0n) is 10.5. The fraction of sp³-hybridized carbons (Fsp3) is 0.0714. The van der Waals surface area contributed by atoms with E-state index >= 15 is 0 Å². The molecule has 0 heterocycles. The molecule has 0 aromatic heterocycles.